The Hall–Kier alpha value is -3.37. The molecule has 1 aliphatic heterocycles. The molecule has 190 valence electrons. The van der Waals surface area contributed by atoms with Gasteiger partial charge >= 0.3 is 6.18 Å². The van der Waals surface area contributed by atoms with E-state index in [-0.39, 0.29) is 33.9 Å². The van der Waals surface area contributed by atoms with Crippen molar-refractivity contribution in [3.8, 4) is 28.0 Å². The molecule has 0 radical (unpaired) electrons. The van der Waals surface area contributed by atoms with Crippen molar-refractivity contribution in [3.63, 3.8) is 0 Å². The number of amides is 1. The summed E-state index contributed by atoms with van der Waals surface area (Å²) in [6.45, 7) is 3.30. The lowest BCUT2D eigenvalue weighted by Gasteiger charge is -2.28. The quantitative estimate of drug-likeness (QED) is 0.543. The Bertz CT molecular complexity index is 1300. The highest BCUT2D eigenvalue weighted by Crippen LogP contribution is 2.58. The number of piperidine rings is 1. The number of nitrogens with one attached hydrogen (secondary N) is 1. The van der Waals surface area contributed by atoms with Crippen LogP contribution < -0.4 is 10.2 Å². The number of nitrogens with zero attached hydrogens (tertiary/aromatic N) is 3. The summed E-state index contributed by atoms with van der Waals surface area (Å²) in [5, 5.41) is 17.3. The molecule has 2 aliphatic rings. The van der Waals surface area contributed by atoms with Crippen molar-refractivity contribution < 1.29 is 27.8 Å². The summed E-state index contributed by atoms with van der Waals surface area (Å²) in [4.78, 5) is 12.8. The van der Waals surface area contributed by atoms with Crippen LogP contribution in [0, 0.1) is 0 Å². The molecule has 1 aromatic heterocycles. The first kappa shape index (κ1) is 24.3. The van der Waals surface area contributed by atoms with Crippen molar-refractivity contribution in [1.29, 1.82) is 0 Å². The summed E-state index contributed by atoms with van der Waals surface area (Å²) in [5.41, 5.74) is 0.684. The summed E-state index contributed by atoms with van der Waals surface area (Å²) in [6, 6.07) is 8.17. The summed E-state index contributed by atoms with van der Waals surface area (Å²) in [6.07, 6.45) is 1.36. The summed E-state index contributed by atoms with van der Waals surface area (Å²) < 4.78 is 49.7. The molecule has 0 spiro atoms. The zero-order valence-electron chi connectivity index (χ0n) is 20.0. The van der Waals surface area contributed by atoms with Crippen LogP contribution in [0.25, 0.3) is 22.3 Å². The van der Waals surface area contributed by atoms with Crippen LogP contribution in [0.1, 0.15) is 43.4 Å². The molecule has 0 bridgehead atoms. The maximum atomic E-state index is 14.3. The Morgan fingerprint density at radius 1 is 1.14 bits per heavy atom. The van der Waals surface area contributed by atoms with E-state index in [1.807, 2.05) is 5.01 Å². The van der Waals surface area contributed by atoms with Gasteiger partial charge in [0.25, 0.3) is 5.91 Å². The topological polar surface area (TPSA) is 79.6 Å². The van der Waals surface area contributed by atoms with Gasteiger partial charge in [0, 0.05) is 36.0 Å². The first-order chi connectivity index (χ1) is 17.1. The minimum Gasteiger partial charge on any atom is -0.497 e. The molecular weight excluding hydrogens is 473 g/mol. The van der Waals surface area contributed by atoms with Crippen molar-refractivity contribution in [3.05, 3.63) is 59.9 Å². The highest BCUT2D eigenvalue weighted by atomic mass is 19.4. The molecule has 1 fully saturated rings. The van der Waals surface area contributed by atoms with Gasteiger partial charge in [0.2, 0.25) is 5.60 Å². The van der Waals surface area contributed by atoms with E-state index in [9.17, 15) is 23.1 Å². The van der Waals surface area contributed by atoms with Crippen molar-refractivity contribution >= 4 is 5.91 Å². The number of rotatable bonds is 5. The van der Waals surface area contributed by atoms with Gasteiger partial charge in [-0.1, -0.05) is 30.7 Å². The van der Waals surface area contributed by atoms with Gasteiger partial charge in [-0.25, -0.2) is 5.01 Å². The van der Waals surface area contributed by atoms with Gasteiger partial charge in [0.15, 0.2) is 0 Å². The van der Waals surface area contributed by atoms with Crippen LogP contribution in [0.2, 0.25) is 0 Å². The number of carbonyl (C=O) groups is 1. The van der Waals surface area contributed by atoms with E-state index in [4.69, 9.17) is 4.74 Å². The van der Waals surface area contributed by atoms with Gasteiger partial charge in [0.05, 0.1) is 13.3 Å². The summed E-state index contributed by atoms with van der Waals surface area (Å²) >= 11 is 0. The number of benzene rings is 2. The van der Waals surface area contributed by atoms with Gasteiger partial charge in [-0.3, -0.25) is 14.9 Å². The molecule has 2 N–H and O–H groups in total. The van der Waals surface area contributed by atoms with Crippen molar-refractivity contribution in [2.75, 3.05) is 20.2 Å². The SMILES string of the molecule is COc1cc(-c2cnn(C(C)C(=O)NN3CCCCC3)c2)c2c(c1)C(O)(C(F)(F)F)c1ccccc1-2. The fraction of sp³-hybridized carbons (Fsp3) is 0.385. The number of halogens is 3. The second-order valence-electron chi connectivity index (χ2n) is 9.26. The predicted octanol–water partition coefficient (Wildman–Crippen LogP) is 4.42. The third-order valence-corrected chi connectivity index (χ3v) is 7.05. The molecule has 10 heteroatoms. The maximum absolute atomic E-state index is 14.3. The number of hydrogen-bond donors (Lipinski definition) is 2. The van der Waals surface area contributed by atoms with Crippen LogP contribution >= 0.6 is 0 Å². The normalized spacial score (nSPS) is 20.5. The third kappa shape index (κ3) is 3.84. The van der Waals surface area contributed by atoms with Crippen molar-refractivity contribution in [1.82, 2.24) is 20.2 Å². The zero-order chi connectivity index (χ0) is 25.7. The average molecular weight is 501 g/mol. The molecule has 1 aliphatic carbocycles. The minimum absolute atomic E-state index is 0.169. The summed E-state index contributed by atoms with van der Waals surface area (Å²) in [5.74, 6) is -0.0536. The number of ether oxygens (including phenoxy) is 1. The first-order valence-electron chi connectivity index (χ1n) is 11.9. The minimum atomic E-state index is -4.96. The molecule has 2 atom stereocenters. The monoisotopic (exact) mass is 500 g/mol. The van der Waals surface area contributed by atoms with E-state index in [0.717, 1.165) is 32.4 Å². The predicted molar refractivity (Wildman–Crippen MR) is 127 cm³/mol. The largest absolute Gasteiger partial charge is 0.497 e. The van der Waals surface area contributed by atoms with Crippen LogP contribution in [0.15, 0.2) is 48.8 Å². The highest BCUT2D eigenvalue weighted by Gasteiger charge is 2.61. The Balaban J connectivity index is 1.56. The number of fused-ring (bicyclic) bond motifs is 3. The van der Waals surface area contributed by atoms with Crippen LogP contribution in [-0.2, 0) is 10.4 Å². The fourth-order valence-electron chi connectivity index (χ4n) is 5.07. The lowest BCUT2D eigenvalue weighted by molar-refractivity contribution is -0.246. The second kappa shape index (κ2) is 8.94. The van der Waals surface area contributed by atoms with Crippen LogP contribution in [-0.4, -0.2) is 52.2 Å². The molecule has 7 nitrogen and oxygen atoms in total. The Labute approximate surface area is 206 Å². The van der Waals surface area contributed by atoms with Gasteiger partial charge in [-0.05, 0) is 48.6 Å². The second-order valence-corrected chi connectivity index (χ2v) is 9.26. The molecule has 0 saturated carbocycles. The maximum Gasteiger partial charge on any atom is 0.425 e. The standard InChI is InChI=1S/C26H27F3N4O3/c1-16(24(34)31-32-10-6-3-7-11-32)33-15-17(14-30-33)20-12-18(36-2)13-22-23(20)19-8-4-5-9-21(19)25(22,35)26(27,28)29/h4-5,8-9,12-16,35H,3,6-7,10-11H2,1-2H3,(H,31,34). The van der Waals surface area contributed by atoms with Crippen molar-refractivity contribution in [2.24, 2.45) is 0 Å². The van der Waals surface area contributed by atoms with Gasteiger partial charge in [-0.2, -0.15) is 18.3 Å². The number of carbonyl (C=O) groups excluding carboxylic acids is 1. The summed E-state index contributed by atoms with van der Waals surface area (Å²) in [7, 11) is 1.36. The van der Waals surface area contributed by atoms with Gasteiger partial charge in [0.1, 0.15) is 11.8 Å². The number of aliphatic hydroxyl groups is 1. The molecule has 1 amide bonds. The van der Waals surface area contributed by atoms with E-state index in [2.05, 4.69) is 10.5 Å². The average Bonchev–Trinajstić information content (AvgIpc) is 3.46. The third-order valence-electron chi connectivity index (χ3n) is 7.05. The smallest absolute Gasteiger partial charge is 0.425 e. The van der Waals surface area contributed by atoms with E-state index in [1.54, 1.807) is 31.3 Å². The van der Waals surface area contributed by atoms with Gasteiger partial charge < -0.3 is 9.84 Å². The lowest BCUT2D eigenvalue weighted by Crippen LogP contribution is -2.47. The number of hydrogen-bond acceptors (Lipinski definition) is 5. The van der Waals surface area contributed by atoms with E-state index >= 15 is 0 Å². The molecule has 2 aromatic carbocycles. The molecule has 1 saturated heterocycles. The van der Waals surface area contributed by atoms with E-state index < -0.39 is 17.8 Å². The number of aromatic nitrogens is 2. The molecule has 36 heavy (non-hydrogen) atoms. The number of methoxy groups -OCH3 is 1. The highest BCUT2D eigenvalue weighted by molar-refractivity contribution is 5.93. The first-order valence-corrected chi connectivity index (χ1v) is 11.9. The molecule has 2 heterocycles. The van der Waals surface area contributed by atoms with Gasteiger partial charge in [-0.15, -0.1) is 0 Å². The molecule has 5 rings (SSSR count). The number of hydrazine groups is 1. The lowest BCUT2D eigenvalue weighted by atomic mass is 9.89. The Morgan fingerprint density at radius 3 is 2.56 bits per heavy atom. The van der Waals surface area contributed by atoms with Crippen LogP contribution in [0.3, 0.4) is 0 Å². The zero-order valence-corrected chi connectivity index (χ0v) is 20.0. The van der Waals surface area contributed by atoms with Crippen LogP contribution in [0.4, 0.5) is 13.2 Å². The molecule has 2 unspecified atom stereocenters. The Kier molecular flexibility index (Phi) is 6.04. The number of alkyl halides is 3. The molecular formula is C26H27F3N4O3. The van der Waals surface area contributed by atoms with Crippen molar-refractivity contribution in [2.45, 2.75) is 44.0 Å². The van der Waals surface area contributed by atoms with Crippen LogP contribution in [0.5, 0.6) is 5.75 Å². The fourth-order valence-corrected chi connectivity index (χ4v) is 5.07. The Morgan fingerprint density at radius 2 is 1.86 bits per heavy atom. The van der Waals surface area contributed by atoms with E-state index in [0.29, 0.717) is 11.1 Å². The van der Waals surface area contributed by atoms with E-state index in [1.165, 1.54) is 36.2 Å². The molecule has 3 aromatic rings.